The largest absolute Gasteiger partial charge is 0.381 e. The molecule has 0 aromatic heterocycles. The SMILES string of the molecule is CCCCOCCCN1C(=O)C(c2ccc(C)c(C)c2)=C(N(CC)Cc2ccccc2)C1=O. The number of unbranched alkanes of at least 4 members (excludes halogenated alkanes) is 1. The summed E-state index contributed by atoms with van der Waals surface area (Å²) in [6.07, 6.45) is 2.75. The highest BCUT2D eigenvalue weighted by Crippen LogP contribution is 2.33. The van der Waals surface area contributed by atoms with Crippen molar-refractivity contribution >= 4 is 17.4 Å². The summed E-state index contributed by atoms with van der Waals surface area (Å²) < 4.78 is 5.65. The minimum Gasteiger partial charge on any atom is -0.381 e. The zero-order valence-corrected chi connectivity index (χ0v) is 20.4. The first-order valence-electron chi connectivity index (χ1n) is 12.0. The zero-order chi connectivity index (χ0) is 23.8. The second-order valence-corrected chi connectivity index (χ2v) is 8.60. The number of nitrogens with zero attached hydrogens (tertiary/aromatic N) is 2. The van der Waals surface area contributed by atoms with Gasteiger partial charge in [0.1, 0.15) is 5.70 Å². The van der Waals surface area contributed by atoms with Crippen molar-refractivity contribution in [1.82, 2.24) is 9.80 Å². The van der Waals surface area contributed by atoms with Crippen LogP contribution in [0.3, 0.4) is 0 Å². The van der Waals surface area contributed by atoms with Crippen molar-refractivity contribution in [3.63, 3.8) is 0 Å². The summed E-state index contributed by atoms with van der Waals surface area (Å²) in [4.78, 5) is 30.5. The smallest absolute Gasteiger partial charge is 0.277 e. The Hall–Kier alpha value is -2.92. The maximum absolute atomic E-state index is 13.6. The van der Waals surface area contributed by atoms with Crippen LogP contribution in [0.25, 0.3) is 5.57 Å². The number of carbonyl (C=O) groups is 2. The molecule has 0 aliphatic carbocycles. The van der Waals surface area contributed by atoms with Crippen LogP contribution in [-0.4, -0.2) is 47.9 Å². The molecule has 1 aliphatic rings. The highest BCUT2D eigenvalue weighted by molar-refractivity contribution is 6.35. The Bertz CT molecular complexity index is 997. The summed E-state index contributed by atoms with van der Waals surface area (Å²) in [5, 5.41) is 0. The fraction of sp³-hybridized carbons (Fsp3) is 0.429. The molecule has 33 heavy (non-hydrogen) atoms. The van der Waals surface area contributed by atoms with E-state index in [1.807, 2.05) is 67.3 Å². The second-order valence-electron chi connectivity index (χ2n) is 8.60. The van der Waals surface area contributed by atoms with Crippen LogP contribution < -0.4 is 0 Å². The third-order valence-electron chi connectivity index (χ3n) is 6.17. The number of ether oxygens (including phenoxy) is 1. The van der Waals surface area contributed by atoms with Crippen molar-refractivity contribution in [2.45, 2.75) is 53.5 Å². The fourth-order valence-electron chi connectivity index (χ4n) is 4.04. The van der Waals surface area contributed by atoms with E-state index in [0.29, 0.717) is 43.9 Å². The maximum atomic E-state index is 13.6. The van der Waals surface area contributed by atoms with Crippen molar-refractivity contribution in [2.75, 3.05) is 26.3 Å². The van der Waals surface area contributed by atoms with Crippen LogP contribution in [-0.2, 0) is 20.9 Å². The highest BCUT2D eigenvalue weighted by Gasteiger charge is 2.41. The van der Waals surface area contributed by atoms with Crippen LogP contribution in [0, 0.1) is 13.8 Å². The van der Waals surface area contributed by atoms with Gasteiger partial charge in [-0.15, -0.1) is 0 Å². The lowest BCUT2D eigenvalue weighted by atomic mass is 9.99. The number of imide groups is 1. The average molecular weight is 449 g/mol. The van der Waals surface area contributed by atoms with Crippen molar-refractivity contribution in [2.24, 2.45) is 0 Å². The zero-order valence-electron chi connectivity index (χ0n) is 20.4. The molecule has 0 unspecified atom stereocenters. The lowest BCUT2D eigenvalue weighted by molar-refractivity contribution is -0.137. The number of benzene rings is 2. The van der Waals surface area contributed by atoms with Crippen molar-refractivity contribution in [1.29, 1.82) is 0 Å². The molecule has 2 amide bonds. The Morgan fingerprint density at radius 3 is 2.27 bits per heavy atom. The molecule has 0 bridgehead atoms. The number of carbonyl (C=O) groups excluding carboxylic acids is 2. The summed E-state index contributed by atoms with van der Waals surface area (Å²) in [6.45, 7) is 11.1. The van der Waals surface area contributed by atoms with Crippen molar-refractivity contribution < 1.29 is 14.3 Å². The first-order chi connectivity index (χ1) is 16.0. The van der Waals surface area contributed by atoms with E-state index in [1.165, 1.54) is 4.90 Å². The normalized spacial score (nSPS) is 13.9. The summed E-state index contributed by atoms with van der Waals surface area (Å²) in [5.41, 5.74) is 5.19. The molecule has 0 spiro atoms. The summed E-state index contributed by atoms with van der Waals surface area (Å²) in [6, 6.07) is 16.1. The molecule has 0 N–H and O–H groups in total. The van der Waals surface area contributed by atoms with Gasteiger partial charge in [-0.2, -0.15) is 0 Å². The minimum atomic E-state index is -0.210. The van der Waals surface area contributed by atoms with Gasteiger partial charge in [0, 0.05) is 32.8 Å². The van der Waals surface area contributed by atoms with Gasteiger partial charge in [0.2, 0.25) is 0 Å². The van der Waals surface area contributed by atoms with Gasteiger partial charge in [-0.25, -0.2) is 0 Å². The van der Waals surface area contributed by atoms with Crippen LogP contribution in [0.15, 0.2) is 54.2 Å². The van der Waals surface area contributed by atoms with Gasteiger partial charge in [0.15, 0.2) is 0 Å². The van der Waals surface area contributed by atoms with E-state index in [0.717, 1.165) is 41.7 Å². The highest BCUT2D eigenvalue weighted by atomic mass is 16.5. The predicted octanol–water partition coefficient (Wildman–Crippen LogP) is 5.11. The summed E-state index contributed by atoms with van der Waals surface area (Å²) >= 11 is 0. The van der Waals surface area contributed by atoms with E-state index in [9.17, 15) is 9.59 Å². The average Bonchev–Trinajstić information content (AvgIpc) is 3.06. The molecular formula is C28H36N2O3. The number of aryl methyl sites for hydroxylation is 2. The van der Waals surface area contributed by atoms with E-state index in [1.54, 1.807) is 0 Å². The third-order valence-corrected chi connectivity index (χ3v) is 6.17. The van der Waals surface area contributed by atoms with E-state index >= 15 is 0 Å². The van der Waals surface area contributed by atoms with Crippen LogP contribution in [0.2, 0.25) is 0 Å². The minimum absolute atomic E-state index is 0.209. The third kappa shape index (κ3) is 5.91. The lowest BCUT2D eigenvalue weighted by Gasteiger charge is -2.25. The predicted molar refractivity (Wildman–Crippen MR) is 132 cm³/mol. The molecule has 176 valence electrons. The maximum Gasteiger partial charge on any atom is 0.277 e. The van der Waals surface area contributed by atoms with Gasteiger partial charge >= 0.3 is 0 Å². The van der Waals surface area contributed by atoms with Crippen LogP contribution in [0.1, 0.15) is 55.4 Å². The van der Waals surface area contributed by atoms with Crippen LogP contribution in [0.4, 0.5) is 0 Å². The van der Waals surface area contributed by atoms with E-state index in [2.05, 4.69) is 13.8 Å². The van der Waals surface area contributed by atoms with Crippen LogP contribution >= 0.6 is 0 Å². The Kier molecular flexibility index (Phi) is 8.84. The molecule has 0 atom stereocenters. The molecule has 5 heteroatoms. The number of amides is 2. The summed E-state index contributed by atoms with van der Waals surface area (Å²) in [7, 11) is 0. The van der Waals surface area contributed by atoms with E-state index < -0.39 is 0 Å². The van der Waals surface area contributed by atoms with Gasteiger partial charge in [0.25, 0.3) is 11.8 Å². The Labute approximate surface area is 198 Å². The molecule has 5 nitrogen and oxygen atoms in total. The summed E-state index contributed by atoms with van der Waals surface area (Å²) in [5.74, 6) is -0.419. The van der Waals surface area contributed by atoms with Gasteiger partial charge in [-0.05, 0) is 55.9 Å². The standard InChI is InChI=1S/C28H36N2O3/c1-5-7-17-33-18-11-16-30-27(31)25(24-15-14-21(3)22(4)19-24)26(28(30)32)29(6-2)20-23-12-9-8-10-13-23/h8-10,12-15,19H,5-7,11,16-18,20H2,1-4H3. The van der Waals surface area contributed by atoms with Crippen molar-refractivity contribution in [3.8, 4) is 0 Å². The number of hydrogen-bond acceptors (Lipinski definition) is 4. The molecule has 0 radical (unpaired) electrons. The quantitative estimate of drug-likeness (QED) is 0.334. The van der Waals surface area contributed by atoms with E-state index in [-0.39, 0.29) is 11.8 Å². The van der Waals surface area contributed by atoms with E-state index in [4.69, 9.17) is 4.74 Å². The molecule has 0 saturated heterocycles. The fourth-order valence-corrected chi connectivity index (χ4v) is 4.04. The molecular weight excluding hydrogens is 412 g/mol. The first kappa shape index (κ1) is 24.7. The number of hydrogen-bond donors (Lipinski definition) is 0. The number of rotatable bonds is 12. The molecule has 1 heterocycles. The molecule has 0 fully saturated rings. The van der Waals surface area contributed by atoms with Crippen LogP contribution in [0.5, 0.6) is 0 Å². The monoisotopic (exact) mass is 448 g/mol. The number of likely N-dealkylation sites (N-methyl/N-ethyl adjacent to an activating group) is 1. The van der Waals surface area contributed by atoms with Gasteiger partial charge < -0.3 is 9.64 Å². The van der Waals surface area contributed by atoms with Crippen molar-refractivity contribution in [3.05, 3.63) is 76.5 Å². The second kappa shape index (κ2) is 11.8. The molecule has 0 saturated carbocycles. The van der Waals surface area contributed by atoms with Gasteiger partial charge in [-0.3, -0.25) is 14.5 Å². The van der Waals surface area contributed by atoms with Gasteiger partial charge in [0.05, 0.1) is 5.57 Å². The molecule has 1 aliphatic heterocycles. The molecule has 2 aromatic carbocycles. The Morgan fingerprint density at radius 2 is 1.61 bits per heavy atom. The Balaban J connectivity index is 1.90. The molecule has 2 aromatic rings. The lowest BCUT2D eigenvalue weighted by Crippen LogP contribution is -2.36. The molecule has 3 rings (SSSR count). The Morgan fingerprint density at radius 1 is 0.879 bits per heavy atom. The van der Waals surface area contributed by atoms with Gasteiger partial charge in [-0.1, -0.05) is 61.9 Å². The topological polar surface area (TPSA) is 49.9 Å². The first-order valence-corrected chi connectivity index (χ1v) is 12.0.